The predicted molar refractivity (Wildman–Crippen MR) is 148 cm³/mol. The smallest absolute Gasteiger partial charge is 0.426 e. The first-order valence-corrected chi connectivity index (χ1v) is 12.9. The molecule has 0 radical (unpaired) electrons. The van der Waals surface area contributed by atoms with Gasteiger partial charge in [-0.15, -0.1) is 4.90 Å². The number of hydrogen-bond donors (Lipinski definition) is 1. The third-order valence-electron chi connectivity index (χ3n) is 5.59. The van der Waals surface area contributed by atoms with Crippen LogP contribution in [0.5, 0.6) is 0 Å². The van der Waals surface area contributed by atoms with E-state index in [-0.39, 0.29) is 0 Å². The van der Waals surface area contributed by atoms with Gasteiger partial charge in [-0.3, -0.25) is 4.79 Å². The van der Waals surface area contributed by atoms with E-state index in [9.17, 15) is 19.2 Å². The molecule has 0 aliphatic rings. The maximum atomic E-state index is 14.2. The van der Waals surface area contributed by atoms with Crippen molar-refractivity contribution in [2.24, 2.45) is 7.05 Å². The van der Waals surface area contributed by atoms with Crippen LogP contribution in [-0.4, -0.2) is 56.5 Å². The second kappa shape index (κ2) is 10.9. The van der Waals surface area contributed by atoms with Crippen molar-refractivity contribution in [1.29, 1.82) is 0 Å². The van der Waals surface area contributed by atoms with Gasteiger partial charge in [-0.2, -0.15) is 0 Å². The topological polar surface area (TPSA) is 116 Å². The third-order valence-corrected chi connectivity index (χ3v) is 5.59. The number of carbonyl (C=O) groups excluding carboxylic acids is 4. The van der Waals surface area contributed by atoms with Crippen molar-refractivity contribution < 1.29 is 33.4 Å². The Hall–Kier alpha value is -3.56. The van der Waals surface area contributed by atoms with Crippen LogP contribution >= 0.6 is 0 Å². The molecule has 1 N–H and O–H groups in total. The van der Waals surface area contributed by atoms with E-state index in [0.717, 1.165) is 10.9 Å². The normalized spacial score (nSPS) is 13.4. The van der Waals surface area contributed by atoms with Crippen molar-refractivity contribution in [2.75, 3.05) is 0 Å². The zero-order chi connectivity index (χ0) is 30.1. The number of hydrogen-bond acceptors (Lipinski definition) is 7. The maximum absolute atomic E-state index is 14.2. The number of benzene rings is 1. The zero-order valence-electron chi connectivity index (χ0n) is 25.2. The van der Waals surface area contributed by atoms with Crippen LogP contribution in [0.1, 0.15) is 81.7 Å². The van der Waals surface area contributed by atoms with Crippen molar-refractivity contribution in [3.05, 3.63) is 36.0 Å². The zero-order valence-corrected chi connectivity index (χ0v) is 25.2. The molecule has 0 saturated carbocycles. The van der Waals surface area contributed by atoms with Crippen molar-refractivity contribution in [3.63, 3.8) is 0 Å². The van der Waals surface area contributed by atoms with Crippen LogP contribution in [-0.2, 0) is 31.5 Å². The number of aromatic nitrogens is 1. The summed E-state index contributed by atoms with van der Waals surface area (Å²) in [6, 6.07) is 6.17. The lowest BCUT2D eigenvalue weighted by Gasteiger charge is -2.37. The lowest BCUT2D eigenvalue weighted by molar-refractivity contribution is -0.133. The molecule has 1 unspecified atom stereocenters. The van der Waals surface area contributed by atoms with Crippen LogP contribution < -0.4 is 5.32 Å². The van der Waals surface area contributed by atoms with E-state index in [2.05, 4.69) is 5.32 Å². The van der Waals surface area contributed by atoms with Crippen molar-refractivity contribution in [3.8, 4) is 0 Å². The summed E-state index contributed by atoms with van der Waals surface area (Å²) >= 11 is 0. The van der Waals surface area contributed by atoms with Gasteiger partial charge >= 0.3 is 18.3 Å². The highest BCUT2D eigenvalue weighted by Gasteiger charge is 2.47. The average molecular weight is 546 g/mol. The Morgan fingerprint density at radius 2 is 1.23 bits per heavy atom. The molecule has 0 spiro atoms. The molecule has 2 aromatic rings. The molecule has 0 bridgehead atoms. The summed E-state index contributed by atoms with van der Waals surface area (Å²) in [5.74, 6) is -1.03. The standard InChI is InChI=1S/C29H43N3O7/c1-26(2,3)37-23(34)30-21(29(10,11)19-17-31(12)20-16-14-13-15-18(19)20)22(33)32(24(35)38-27(4,5)6)25(36)39-28(7,8)9/h13-17,21H,1-12H3,(H,30,34). The number of nitrogens with zero attached hydrogens (tertiary/aromatic N) is 2. The van der Waals surface area contributed by atoms with Crippen molar-refractivity contribution in [1.82, 2.24) is 14.8 Å². The third kappa shape index (κ3) is 8.21. The van der Waals surface area contributed by atoms with Gasteiger partial charge in [0.25, 0.3) is 5.91 Å². The molecular formula is C29H43N3O7. The number of ether oxygens (including phenoxy) is 3. The SMILES string of the molecule is Cn1cc(C(C)(C)C(NC(=O)OC(C)(C)C)C(=O)N(C(=O)OC(C)(C)C)C(=O)OC(C)(C)C)c2ccccc21. The molecule has 39 heavy (non-hydrogen) atoms. The number of aryl methyl sites for hydroxylation is 1. The minimum absolute atomic E-state index is 0.311. The van der Waals surface area contributed by atoms with Gasteiger partial charge in [0, 0.05) is 29.6 Å². The quantitative estimate of drug-likeness (QED) is 0.465. The van der Waals surface area contributed by atoms with E-state index in [1.54, 1.807) is 76.2 Å². The molecule has 1 aromatic heterocycles. The fourth-order valence-corrected chi connectivity index (χ4v) is 3.99. The molecule has 0 fully saturated rings. The average Bonchev–Trinajstić information content (AvgIpc) is 3.05. The maximum Gasteiger partial charge on any atom is 0.426 e. The Balaban J connectivity index is 2.70. The summed E-state index contributed by atoms with van der Waals surface area (Å²) in [5, 5.41) is 3.47. The number of amides is 4. The van der Waals surface area contributed by atoms with Gasteiger partial charge in [-0.05, 0) is 73.9 Å². The molecule has 0 aliphatic heterocycles. The van der Waals surface area contributed by atoms with Gasteiger partial charge in [-0.25, -0.2) is 14.4 Å². The summed E-state index contributed by atoms with van der Waals surface area (Å²) in [7, 11) is 1.87. The van der Waals surface area contributed by atoms with Crippen LogP contribution in [0.4, 0.5) is 14.4 Å². The van der Waals surface area contributed by atoms with Gasteiger partial charge in [0.2, 0.25) is 0 Å². The second-order valence-corrected chi connectivity index (χ2v) is 13.1. The molecule has 0 saturated heterocycles. The molecule has 216 valence electrons. The summed E-state index contributed by atoms with van der Waals surface area (Å²) in [6.07, 6.45) is -1.46. The Morgan fingerprint density at radius 1 is 0.769 bits per heavy atom. The highest BCUT2D eigenvalue weighted by molar-refractivity contribution is 6.09. The summed E-state index contributed by atoms with van der Waals surface area (Å²) in [6.45, 7) is 18.2. The van der Waals surface area contributed by atoms with Crippen LogP contribution in [0.15, 0.2) is 30.5 Å². The van der Waals surface area contributed by atoms with Crippen molar-refractivity contribution in [2.45, 2.75) is 104 Å². The van der Waals surface area contributed by atoms with Crippen LogP contribution in [0.25, 0.3) is 10.9 Å². The Kier molecular flexibility index (Phi) is 8.85. The fourth-order valence-electron chi connectivity index (χ4n) is 3.99. The summed E-state index contributed by atoms with van der Waals surface area (Å²) < 4.78 is 18.2. The fraction of sp³-hybridized carbons (Fsp3) is 0.586. The van der Waals surface area contributed by atoms with Gasteiger partial charge in [0.05, 0.1) is 0 Å². The van der Waals surface area contributed by atoms with E-state index in [1.165, 1.54) is 0 Å². The van der Waals surface area contributed by atoms with E-state index >= 15 is 0 Å². The first kappa shape index (κ1) is 31.7. The first-order chi connectivity index (χ1) is 17.5. The molecule has 1 atom stereocenters. The largest absolute Gasteiger partial charge is 0.444 e. The number of nitrogens with one attached hydrogen (secondary N) is 1. The number of imide groups is 3. The lowest BCUT2D eigenvalue weighted by atomic mass is 9.77. The molecule has 0 aliphatic carbocycles. The van der Waals surface area contributed by atoms with Crippen molar-refractivity contribution >= 4 is 35.1 Å². The molecule has 4 amide bonds. The molecule has 10 nitrogen and oxygen atoms in total. The van der Waals surface area contributed by atoms with Gasteiger partial charge in [0.15, 0.2) is 0 Å². The monoisotopic (exact) mass is 545 g/mol. The van der Waals surface area contributed by atoms with Crippen LogP contribution in [0.2, 0.25) is 0 Å². The first-order valence-electron chi connectivity index (χ1n) is 12.9. The minimum atomic E-state index is -1.43. The minimum Gasteiger partial charge on any atom is -0.444 e. The van der Waals surface area contributed by atoms with Crippen LogP contribution in [0, 0.1) is 0 Å². The number of carbonyl (C=O) groups is 4. The molecule has 10 heteroatoms. The number of rotatable bonds is 4. The van der Waals surface area contributed by atoms with Crippen LogP contribution in [0.3, 0.4) is 0 Å². The highest BCUT2D eigenvalue weighted by atomic mass is 16.6. The van der Waals surface area contributed by atoms with E-state index in [1.807, 2.05) is 42.1 Å². The van der Waals surface area contributed by atoms with Gasteiger partial charge in [-0.1, -0.05) is 32.0 Å². The Bertz CT molecular complexity index is 1210. The summed E-state index contributed by atoms with van der Waals surface area (Å²) in [5.41, 5.74) is -2.43. The lowest BCUT2D eigenvalue weighted by Crippen LogP contribution is -2.60. The number of para-hydroxylation sites is 1. The second-order valence-electron chi connectivity index (χ2n) is 13.1. The highest BCUT2D eigenvalue weighted by Crippen LogP contribution is 2.35. The van der Waals surface area contributed by atoms with Gasteiger partial charge < -0.3 is 24.1 Å². The van der Waals surface area contributed by atoms with Gasteiger partial charge in [0.1, 0.15) is 22.8 Å². The molecule has 2 rings (SSSR count). The number of alkyl carbamates (subject to hydrolysis) is 1. The Labute approximate surface area is 230 Å². The molecular weight excluding hydrogens is 502 g/mol. The molecule has 1 aromatic carbocycles. The van der Waals surface area contributed by atoms with E-state index < -0.39 is 52.4 Å². The summed E-state index contributed by atoms with van der Waals surface area (Å²) in [4.78, 5) is 54.0. The van der Waals surface area contributed by atoms with E-state index in [0.29, 0.717) is 10.5 Å². The Morgan fingerprint density at radius 3 is 1.69 bits per heavy atom. The molecule has 1 heterocycles. The number of fused-ring (bicyclic) bond motifs is 1. The predicted octanol–water partition coefficient (Wildman–Crippen LogP) is 6.05. The van der Waals surface area contributed by atoms with E-state index in [4.69, 9.17) is 14.2 Å².